The molecule has 8 heteroatoms. The van der Waals surface area contributed by atoms with Crippen LogP contribution in [0.2, 0.25) is 5.02 Å². The van der Waals surface area contributed by atoms with E-state index in [2.05, 4.69) is 10.3 Å². The number of pyridine rings is 1. The quantitative estimate of drug-likeness (QED) is 0.649. The van der Waals surface area contributed by atoms with Crippen molar-refractivity contribution in [3.8, 4) is 11.5 Å². The Kier molecular flexibility index (Phi) is 6.76. The standard InChI is InChI=1S/C18H22ClFN4O2/c1-3-14(24-10(2)8-16(22)25)12-5-6-13(19)18(17(12)20)26-11-4-7-15(21)23-9-11/h4-7,9-10,14,24H,3,8H2,1-2H3,(H2,21,23)(H2,22,25)/t10-,14-/m1/s1. The Morgan fingerprint density at radius 1 is 1.38 bits per heavy atom. The fraction of sp³-hybridized carbons (Fsp3) is 0.333. The van der Waals surface area contributed by atoms with Crippen LogP contribution in [0.5, 0.6) is 11.5 Å². The summed E-state index contributed by atoms with van der Waals surface area (Å²) < 4.78 is 20.6. The van der Waals surface area contributed by atoms with Gasteiger partial charge in [0.1, 0.15) is 11.6 Å². The smallest absolute Gasteiger partial charge is 0.218 e. The first-order valence-electron chi connectivity index (χ1n) is 8.23. The number of nitrogens with one attached hydrogen (secondary N) is 1. The first-order valence-corrected chi connectivity index (χ1v) is 8.61. The molecule has 2 rings (SSSR count). The molecule has 2 aromatic rings. The Morgan fingerprint density at radius 2 is 2.12 bits per heavy atom. The lowest BCUT2D eigenvalue weighted by molar-refractivity contribution is -0.118. The molecule has 26 heavy (non-hydrogen) atoms. The molecular formula is C18H22ClFN4O2. The van der Waals surface area contributed by atoms with Crippen molar-refractivity contribution < 1.29 is 13.9 Å². The fourth-order valence-corrected chi connectivity index (χ4v) is 2.80. The maximum atomic E-state index is 15.1. The van der Waals surface area contributed by atoms with E-state index >= 15 is 4.39 Å². The number of anilines is 1. The average molecular weight is 381 g/mol. The molecule has 0 saturated heterocycles. The molecule has 2 atom stereocenters. The van der Waals surface area contributed by atoms with Crippen molar-refractivity contribution in [1.29, 1.82) is 0 Å². The van der Waals surface area contributed by atoms with E-state index in [1.807, 2.05) is 13.8 Å². The maximum Gasteiger partial charge on any atom is 0.218 e. The molecule has 0 fully saturated rings. The number of rotatable bonds is 8. The molecule has 0 spiro atoms. The second kappa shape index (κ2) is 8.82. The van der Waals surface area contributed by atoms with Crippen LogP contribution in [0.25, 0.3) is 0 Å². The molecule has 0 saturated carbocycles. The van der Waals surface area contributed by atoms with E-state index in [0.717, 1.165) is 0 Å². The van der Waals surface area contributed by atoms with Crippen LogP contribution in [0.1, 0.15) is 38.3 Å². The van der Waals surface area contributed by atoms with Gasteiger partial charge in [0.05, 0.1) is 11.2 Å². The third-order valence-electron chi connectivity index (χ3n) is 3.83. The highest BCUT2D eigenvalue weighted by atomic mass is 35.5. The fourth-order valence-electron chi connectivity index (χ4n) is 2.61. The normalized spacial score (nSPS) is 13.2. The van der Waals surface area contributed by atoms with Gasteiger partial charge in [-0.25, -0.2) is 9.37 Å². The molecule has 6 nitrogen and oxygen atoms in total. The van der Waals surface area contributed by atoms with E-state index < -0.39 is 11.7 Å². The molecule has 0 aliphatic rings. The Bertz CT molecular complexity index is 771. The summed E-state index contributed by atoms with van der Waals surface area (Å²) in [6.07, 6.45) is 2.15. The second-order valence-electron chi connectivity index (χ2n) is 6.00. The van der Waals surface area contributed by atoms with Crippen LogP contribution in [0.4, 0.5) is 10.2 Å². The third-order valence-corrected chi connectivity index (χ3v) is 4.13. The highest BCUT2D eigenvalue weighted by molar-refractivity contribution is 6.32. The number of hydrogen-bond donors (Lipinski definition) is 3. The van der Waals surface area contributed by atoms with E-state index in [9.17, 15) is 4.79 Å². The minimum Gasteiger partial charge on any atom is -0.451 e. The minimum absolute atomic E-state index is 0.0847. The van der Waals surface area contributed by atoms with Gasteiger partial charge in [-0.3, -0.25) is 4.79 Å². The number of primary amides is 1. The van der Waals surface area contributed by atoms with Crippen LogP contribution in [0.3, 0.4) is 0 Å². The van der Waals surface area contributed by atoms with Crippen molar-refractivity contribution >= 4 is 23.3 Å². The van der Waals surface area contributed by atoms with Crippen LogP contribution in [0, 0.1) is 5.82 Å². The summed E-state index contributed by atoms with van der Waals surface area (Å²) in [5.74, 6) is -0.425. The number of aromatic nitrogens is 1. The predicted molar refractivity (Wildman–Crippen MR) is 99.6 cm³/mol. The molecule has 140 valence electrons. The number of nitrogen functional groups attached to an aromatic ring is 1. The van der Waals surface area contributed by atoms with Gasteiger partial charge in [-0.2, -0.15) is 0 Å². The largest absolute Gasteiger partial charge is 0.451 e. The lowest BCUT2D eigenvalue weighted by Crippen LogP contribution is -2.34. The number of hydrogen-bond acceptors (Lipinski definition) is 5. The topological polar surface area (TPSA) is 103 Å². The third kappa shape index (κ3) is 5.06. The Morgan fingerprint density at radius 3 is 2.69 bits per heavy atom. The van der Waals surface area contributed by atoms with Gasteiger partial charge in [-0.1, -0.05) is 24.6 Å². The molecule has 1 aromatic heterocycles. The molecular weight excluding hydrogens is 359 g/mol. The Balaban J connectivity index is 2.28. The van der Waals surface area contributed by atoms with E-state index in [1.54, 1.807) is 24.3 Å². The molecule has 5 N–H and O–H groups in total. The number of benzene rings is 1. The van der Waals surface area contributed by atoms with Crippen LogP contribution < -0.4 is 21.5 Å². The highest BCUT2D eigenvalue weighted by Gasteiger charge is 2.22. The van der Waals surface area contributed by atoms with Gasteiger partial charge in [0, 0.05) is 24.1 Å². The van der Waals surface area contributed by atoms with Gasteiger partial charge >= 0.3 is 0 Å². The zero-order valence-corrected chi connectivity index (χ0v) is 15.4. The highest BCUT2D eigenvalue weighted by Crippen LogP contribution is 2.36. The molecule has 1 aromatic carbocycles. The summed E-state index contributed by atoms with van der Waals surface area (Å²) >= 11 is 6.11. The summed E-state index contributed by atoms with van der Waals surface area (Å²) in [5.41, 5.74) is 11.1. The number of carbonyl (C=O) groups excluding carboxylic acids is 1. The van der Waals surface area contributed by atoms with Crippen molar-refractivity contribution in [3.63, 3.8) is 0 Å². The number of ether oxygens (including phenoxy) is 1. The van der Waals surface area contributed by atoms with Crippen molar-refractivity contribution in [3.05, 3.63) is 46.9 Å². The summed E-state index contributed by atoms with van der Waals surface area (Å²) in [5, 5.41) is 3.35. The zero-order chi connectivity index (χ0) is 19.3. The molecule has 0 aliphatic carbocycles. The zero-order valence-electron chi connectivity index (χ0n) is 14.6. The first kappa shape index (κ1) is 19.9. The summed E-state index contributed by atoms with van der Waals surface area (Å²) in [6, 6.07) is 5.78. The Hall–Kier alpha value is -2.38. The van der Waals surface area contributed by atoms with Gasteiger partial charge in [0.15, 0.2) is 11.6 Å². The number of nitrogens with zero attached hydrogens (tertiary/aromatic N) is 1. The molecule has 0 aliphatic heterocycles. The monoisotopic (exact) mass is 380 g/mol. The van der Waals surface area contributed by atoms with E-state index in [4.69, 9.17) is 27.8 Å². The van der Waals surface area contributed by atoms with Gasteiger partial charge < -0.3 is 21.5 Å². The molecule has 0 radical (unpaired) electrons. The van der Waals surface area contributed by atoms with Crippen molar-refractivity contribution in [1.82, 2.24) is 10.3 Å². The van der Waals surface area contributed by atoms with Crippen LogP contribution >= 0.6 is 11.6 Å². The molecule has 0 unspecified atom stereocenters. The molecule has 1 amide bonds. The van der Waals surface area contributed by atoms with Crippen molar-refractivity contribution in [2.24, 2.45) is 5.73 Å². The van der Waals surface area contributed by atoms with Crippen LogP contribution in [0.15, 0.2) is 30.5 Å². The number of halogens is 2. The SMILES string of the molecule is CC[C@@H](N[C@H](C)CC(N)=O)c1ccc(Cl)c(Oc2ccc(N)nc2)c1F. The second-order valence-corrected chi connectivity index (χ2v) is 6.41. The van der Waals surface area contributed by atoms with Gasteiger partial charge in [-0.15, -0.1) is 0 Å². The van der Waals surface area contributed by atoms with E-state index in [-0.39, 0.29) is 29.3 Å². The summed E-state index contributed by atoms with van der Waals surface area (Å²) in [4.78, 5) is 15.0. The van der Waals surface area contributed by atoms with Crippen molar-refractivity contribution in [2.45, 2.75) is 38.8 Å². The lowest BCUT2D eigenvalue weighted by atomic mass is 10.0. The lowest BCUT2D eigenvalue weighted by Gasteiger charge is -2.23. The average Bonchev–Trinajstić information content (AvgIpc) is 2.58. The van der Waals surface area contributed by atoms with Gasteiger partial charge in [-0.05, 0) is 31.5 Å². The van der Waals surface area contributed by atoms with Crippen LogP contribution in [-0.4, -0.2) is 16.9 Å². The van der Waals surface area contributed by atoms with E-state index in [0.29, 0.717) is 23.6 Å². The number of carbonyl (C=O) groups is 1. The van der Waals surface area contributed by atoms with Gasteiger partial charge in [0.25, 0.3) is 0 Å². The molecule has 0 bridgehead atoms. The maximum absolute atomic E-state index is 15.1. The summed E-state index contributed by atoms with van der Waals surface area (Å²) in [7, 11) is 0. The van der Waals surface area contributed by atoms with Gasteiger partial charge in [0.2, 0.25) is 5.91 Å². The number of nitrogens with two attached hydrogens (primary N) is 2. The molecule has 1 heterocycles. The summed E-state index contributed by atoms with van der Waals surface area (Å²) in [6.45, 7) is 3.73. The van der Waals surface area contributed by atoms with E-state index in [1.165, 1.54) is 6.20 Å². The van der Waals surface area contributed by atoms with Crippen LogP contribution in [-0.2, 0) is 4.79 Å². The predicted octanol–water partition coefficient (Wildman–Crippen LogP) is 3.55. The number of amides is 1. The first-order chi connectivity index (χ1) is 12.3. The Labute approximate surface area is 156 Å². The van der Waals surface area contributed by atoms with Crippen molar-refractivity contribution in [2.75, 3.05) is 5.73 Å². The minimum atomic E-state index is -0.569.